The number of aromatic nitrogens is 1. The average Bonchev–Trinajstić information content (AvgIpc) is 2.78. The molecule has 17 heavy (non-hydrogen) atoms. The number of anilines is 1. The molecule has 2 rings (SSSR count). The van der Waals surface area contributed by atoms with Gasteiger partial charge in [-0.05, 0) is 31.2 Å². The van der Waals surface area contributed by atoms with E-state index in [1.807, 2.05) is 23.9 Å². The van der Waals surface area contributed by atoms with Crippen LogP contribution in [0.2, 0.25) is 5.02 Å². The Hall–Kier alpha value is -0.920. The first-order chi connectivity index (χ1) is 8.26. The molecule has 1 saturated heterocycles. The highest BCUT2D eigenvalue weighted by molar-refractivity contribution is 7.98. The van der Waals surface area contributed by atoms with Crippen LogP contribution in [0, 0.1) is 11.3 Å². The topological polar surface area (TPSA) is 39.9 Å². The molecule has 1 unspecified atom stereocenters. The van der Waals surface area contributed by atoms with E-state index in [4.69, 9.17) is 16.9 Å². The molecular weight excluding hydrogens is 254 g/mol. The van der Waals surface area contributed by atoms with Gasteiger partial charge in [0.1, 0.15) is 11.9 Å². The Morgan fingerprint density at radius 1 is 1.65 bits per heavy atom. The molecular formula is C12H14ClN3S. The second-order valence-corrected chi connectivity index (χ2v) is 5.37. The summed E-state index contributed by atoms with van der Waals surface area (Å²) in [5.74, 6) is 1.98. The number of thioether (sulfide) groups is 1. The van der Waals surface area contributed by atoms with E-state index in [2.05, 4.69) is 16.1 Å². The lowest BCUT2D eigenvalue weighted by Crippen LogP contribution is -2.31. The molecule has 1 aliphatic heterocycles. The van der Waals surface area contributed by atoms with Gasteiger partial charge in [-0.25, -0.2) is 4.98 Å². The highest BCUT2D eigenvalue weighted by atomic mass is 35.5. The van der Waals surface area contributed by atoms with Crippen molar-refractivity contribution in [1.29, 1.82) is 5.26 Å². The van der Waals surface area contributed by atoms with Gasteiger partial charge in [0.05, 0.1) is 5.02 Å². The molecule has 0 N–H and O–H groups in total. The minimum absolute atomic E-state index is 0.318. The zero-order chi connectivity index (χ0) is 12.3. The molecule has 0 saturated carbocycles. The molecule has 0 aliphatic carbocycles. The van der Waals surface area contributed by atoms with E-state index in [9.17, 15) is 0 Å². The Morgan fingerprint density at radius 3 is 3.18 bits per heavy atom. The highest BCUT2D eigenvalue weighted by Gasteiger charge is 2.25. The van der Waals surface area contributed by atoms with Crippen LogP contribution >= 0.6 is 23.4 Å². The lowest BCUT2D eigenvalue weighted by molar-refractivity contribution is 0.737. The fourth-order valence-corrected chi connectivity index (χ4v) is 3.05. The van der Waals surface area contributed by atoms with E-state index in [1.54, 1.807) is 6.07 Å². The molecule has 1 aromatic rings. The first-order valence-electron chi connectivity index (χ1n) is 5.58. The molecule has 1 fully saturated rings. The zero-order valence-corrected chi connectivity index (χ0v) is 11.3. The molecule has 1 aromatic heterocycles. The average molecular weight is 268 g/mol. The number of hydrogen-bond acceptors (Lipinski definition) is 4. The van der Waals surface area contributed by atoms with Gasteiger partial charge in [-0.2, -0.15) is 17.0 Å². The highest BCUT2D eigenvalue weighted by Crippen LogP contribution is 2.27. The minimum atomic E-state index is 0.318. The Morgan fingerprint density at radius 2 is 2.47 bits per heavy atom. The lowest BCUT2D eigenvalue weighted by atomic mass is 10.2. The molecule has 1 atom stereocenters. The van der Waals surface area contributed by atoms with Crippen molar-refractivity contribution >= 4 is 29.2 Å². The normalized spacial score (nSPS) is 19.4. The number of hydrogen-bond donors (Lipinski definition) is 0. The maximum Gasteiger partial charge on any atom is 0.161 e. The molecule has 3 nitrogen and oxygen atoms in total. The summed E-state index contributed by atoms with van der Waals surface area (Å²) in [6, 6.07) is 6.23. The summed E-state index contributed by atoms with van der Waals surface area (Å²) in [5.41, 5.74) is 0.318. The van der Waals surface area contributed by atoms with Crippen molar-refractivity contribution in [1.82, 2.24) is 4.98 Å². The first kappa shape index (κ1) is 12.5. The van der Waals surface area contributed by atoms with Gasteiger partial charge in [0, 0.05) is 18.3 Å². The van der Waals surface area contributed by atoms with Crippen molar-refractivity contribution < 1.29 is 0 Å². The summed E-state index contributed by atoms with van der Waals surface area (Å²) in [4.78, 5) is 6.61. The van der Waals surface area contributed by atoms with Gasteiger partial charge >= 0.3 is 0 Å². The summed E-state index contributed by atoms with van der Waals surface area (Å²) in [6.45, 7) is 1.02. The van der Waals surface area contributed by atoms with Crippen molar-refractivity contribution in [3.63, 3.8) is 0 Å². The summed E-state index contributed by atoms with van der Waals surface area (Å²) in [7, 11) is 0. The largest absolute Gasteiger partial charge is 0.353 e. The van der Waals surface area contributed by atoms with Crippen molar-refractivity contribution in [2.45, 2.75) is 18.9 Å². The van der Waals surface area contributed by atoms with Crippen LogP contribution in [0.5, 0.6) is 0 Å². The van der Waals surface area contributed by atoms with Crippen LogP contribution in [-0.4, -0.2) is 29.6 Å². The second kappa shape index (κ2) is 5.61. The van der Waals surface area contributed by atoms with Crippen molar-refractivity contribution in [2.75, 3.05) is 23.5 Å². The molecule has 0 aromatic carbocycles. The summed E-state index contributed by atoms with van der Waals surface area (Å²) in [5, 5.41) is 9.36. The predicted octanol–water partition coefficient (Wildman–Crippen LogP) is 2.94. The standard InChI is InChI=1S/C12H14ClN3S/c1-17-8-9-3-2-6-16(9)12-5-4-10(13)11(7-14)15-12/h4-5,9H,2-3,6,8H2,1H3. The number of nitriles is 1. The Balaban J connectivity index is 2.25. The molecule has 1 aliphatic rings. The minimum Gasteiger partial charge on any atom is -0.353 e. The molecule has 90 valence electrons. The summed E-state index contributed by atoms with van der Waals surface area (Å²) >= 11 is 7.74. The molecule has 0 amide bonds. The third-order valence-corrected chi connectivity index (χ3v) is 3.99. The van der Waals surface area contributed by atoms with E-state index >= 15 is 0 Å². The smallest absolute Gasteiger partial charge is 0.161 e. The number of rotatable bonds is 3. The van der Waals surface area contributed by atoms with E-state index in [1.165, 1.54) is 12.8 Å². The van der Waals surface area contributed by atoms with Crippen LogP contribution in [0.3, 0.4) is 0 Å². The lowest BCUT2D eigenvalue weighted by Gasteiger charge is -2.25. The van der Waals surface area contributed by atoms with E-state index < -0.39 is 0 Å². The fourth-order valence-electron chi connectivity index (χ4n) is 2.17. The number of pyridine rings is 1. The van der Waals surface area contributed by atoms with Gasteiger partial charge in [0.2, 0.25) is 0 Å². The molecule has 5 heteroatoms. The number of halogens is 1. The van der Waals surface area contributed by atoms with Crippen LogP contribution in [0.15, 0.2) is 12.1 Å². The van der Waals surface area contributed by atoms with E-state index in [0.717, 1.165) is 18.1 Å². The van der Waals surface area contributed by atoms with Crippen molar-refractivity contribution in [3.8, 4) is 6.07 Å². The first-order valence-corrected chi connectivity index (χ1v) is 7.35. The predicted molar refractivity (Wildman–Crippen MR) is 72.7 cm³/mol. The van der Waals surface area contributed by atoms with Gasteiger partial charge < -0.3 is 4.90 Å². The summed E-state index contributed by atoms with van der Waals surface area (Å²) < 4.78 is 0. The third kappa shape index (κ3) is 2.67. The van der Waals surface area contributed by atoms with Crippen LogP contribution < -0.4 is 4.90 Å². The van der Waals surface area contributed by atoms with Crippen molar-refractivity contribution in [3.05, 3.63) is 22.8 Å². The Labute approximate surface area is 111 Å². The Bertz CT molecular complexity index is 444. The number of nitrogens with zero attached hydrogens (tertiary/aromatic N) is 3. The van der Waals surface area contributed by atoms with Crippen LogP contribution in [0.1, 0.15) is 18.5 Å². The molecule has 0 spiro atoms. The van der Waals surface area contributed by atoms with Crippen LogP contribution in [0.25, 0.3) is 0 Å². The van der Waals surface area contributed by atoms with Gasteiger partial charge in [-0.15, -0.1) is 0 Å². The third-order valence-electron chi connectivity index (χ3n) is 2.97. The van der Waals surface area contributed by atoms with Gasteiger partial charge in [0.15, 0.2) is 5.69 Å². The van der Waals surface area contributed by atoms with Crippen LogP contribution in [-0.2, 0) is 0 Å². The van der Waals surface area contributed by atoms with Gasteiger partial charge in [-0.1, -0.05) is 11.6 Å². The van der Waals surface area contributed by atoms with Crippen LogP contribution in [0.4, 0.5) is 5.82 Å². The van der Waals surface area contributed by atoms with Gasteiger partial charge in [-0.3, -0.25) is 0 Å². The zero-order valence-electron chi connectivity index (χ0n) is 9.69. The quantitative estimate of drug-likeness (QED) is 0.844. The monoisotopic (exact) mass is 267 g/mol. The fraction of sp³-hybridized carbons (Fsp3) is 0.500. The maximum absolute atomic E-state index is 8.94. The molecule has 0 bridgehead atoms. The molecule has 0 radical (unpaired) electrons. The van der Waals surface area contributed by atoms with Gasteiger partial charge in [0.25, 0.3) is 0 Å². The van der Waals surface area contributed by atoms with Crippen molar-refractivity contribution in [2.24, 2.45) is 0 Å². The summed E-state index contributed by atoms with van der Waals surface area (Å²) in [6.07, 6.45) is 4.51. The SMILES string of the molecule is CSCC1CCCN1c1ccc(Cl)c(C#N)n1. The van der Waals surface area contributed by atoms with E-state index in [-0.39, 0.29) is 0 Å². The van der Waals surface area contributed by atoms with E-state index in [0.29, 0.717) is 16.8 Å². The second-order valence-electron chi connectivity index (χ2n) is 4.06. The Kier molecular flexibility index (Phi) is 4.14. The molecule has 2 heterocycles. The maximum atomic E-state index is 8.94.